The van der Waals surface area contributed by atoms with Crippen LogP contribution in [-0.4, -0.2) is 34.8 Å². The molecule has 2 fully saturated rings. The lowest BCUT2D eigenvalue weighted by atomic mass is 9.50. The minimum atomic E-state index is -0.911. The first-order valence-corrected chi connectivity index (χ1v) is 8.09. The highest BCUT2D eigenvalue weighted by atomic mass is 16.5. The number of para-hydroxylation sites is 1. The van der Waals surface area contributed by atoms with Gasteiger partial charge in [-0.25, -0.2) is 0 Å². The molecule has 2 N–H and O–H groups in total. The number of aliphatic hydroxyl groups excluding tert-OH is 2. The van der Waals surface area contributed by atoms with Crippen LogP contribution in [0.15, 0.2) is 30.3 Å². The van der Waals surface area contributed by atoms with Crippen molar-refractivity contribution < 1.29 is 19.7 Å². The van der Waals surface area contributed by atoms with Crippen molar-refractivity contribution >= 4 is 5.78 Å². The second-order valence-electron chi connectivity index (χ2n) is 6.71. The summed E-state index contributed by atoms with van der Waals surface area (Å²) < 4.78 is 5.46. The van der Waals surface area contributed by atoms with E-state index in [-0.39, 0.29) is 29.6 Å². The Balaban J connectivity index is 1.60. The summed E-state index contributed by atoms with van der Waals surface area (Å²) in [5.74, 6) is 6.60. The zero-order chi connectivity index (χ0) is 16.4. The standard InChI is InChI=1S/C19H22O4/c1-19-10-9-17(21)15(16(19)11-18(19)22)8-7-13(20)12-23-14-5-3-2-4-6-14/h2-6,13,15-17,20-21H,9-12H2,1H3/t13-,15+,16+,17+,19-/m0/s1. The number of Topliss-reactive ketones (excluding diaryl/α,β-unsaturated/α-hetero) is 1. The van der Waals surface area contributed by atoms with Gasteiger partial charge >= 0.3 is 0 Å². The van der Waals surface area contributed by atoms with Gasteiger partial charge in [-0.3, -0.25) is 4.79 Å². The maximum atomic E-state index is 11.8. The van der Waals surface area contributed by atoms with E-state index in [1.807, 2.05) is 37.3 Å². The van der Waals surface area contributed by atoms with Crippen LogP contribution in [0.1, 0.15) is 26.2 Å². The summed E-state index contributed by atoms with van der Waals surface area (Å²) in [6.07, 6.45) is 0.385. The zero-order valence-electron chi connectivity index (χ0n) is 13.2. The number of rotatable bonds is 3. The molecule has 4 heteroatoms. The SMILES string of the molecule is C[C@]12CC[C@@H](O)[C@H](C#C[C@H](O)COc3ccccc3)[C@H]1CC2=O. The van der Waals surface area contributed by atoms with E-state index in [4.69, 9.17) is 4.74 Å². The van der Waals surface area contributed by atoms with Crippen molar-refractivity contribution in [2.45, 2.75) is 38.4 Å². The van der Waals surface area contributed by atoms with Crippen LogP contribution in [0.4, 0.5) is 0 Å². The number of ketones is 1. The number of aliphatic hydroxyl groups is 2. The molecule has 0 bridgehead atoms. The van der Waals surface area contributed by atoms with Gasteiger partial charge in [-0.05, 0) is 30.9 Å². The Labute approximate surface area is 136 Å². The molecular formula is C19H22O4. The Bertz CT molecular complexity index is 630. The number of hydrogen-bond donors (Lipinski definition) is 2. The van der Waals surface area contributed by atoms with Crippen molar-refractivity contribution in [3.05, 3.63) is 30.3 Å². The lowest BCUT2D eigenvalue weighted by molar-refractivity contribution is -0.156. The van der Waals surface area contributed by atoms with E-state index in [1.54, 1.807) is 0 Å². The maximum Gasteiger partial charge on any atom is 0.148 e. The van der Waals surface area contributed by atoms with Crippen LogP contribution in [0, 0.1) is 29.1 Å². The van der Waals surface area contributed by atoms with E-state index in [2.05, 4.69) is 11.8 Å². The number of hydrogen-bond acceptors (Lipinski definition) is 4. The molecule has 0 spiro atoms. The number of ether oxygens (including phenoxy) is 1. The van der Waals surface area contributed by atoms with Crippen LogP contribution in [0.3, 0.4) is 0 Å². The fraction of sp³-hybridized carbons (Fsp3) is 0.526. The number of fused-ring (bicyclic) bond motifs is 1. The van der Waals surface area contributed by atoms with Gasteiger partial charge in [-0.2, -0.15) is 0 Å². The van der Waals surface area contributed by atoms with Gasteiger partial charge in [-0.15, -0.1) is 0 Å². The van der Waals surface area contributed by atoms with Crippen molar-refractivity contribution in [1.82, 2.24) is 0 Å². The molecule has 23 heavy (non-hydrogen) atoms. The summed E-state index contributed by atoms with van der Waals surface area (Å²) in [7, 11) is 0. The van der Waals surface area contributed by atoms with Crippen LogP contribution in [0.5, 0.6) is 5.75 Å². The minimum Gasteiger partial charge on any atom is -0.490 e. The molecule has 0 saturated heterocycles. The van der Waals surface area contributed by atoms with Crippen LogP contribution >= 0.6 is 0 Å². The first-order valence-electron chi connectivity index (χ1n) is 8.09. The van der Waals surface area contributed by atoms with Crippen molar-refractivity contribution in [3.8, 4) is 17.6 Å². The van der Waals surface area contributed by atoms with E-state index < -0.39 is 12.2 Å². The molecule has 2 saturated carbocycles. The quantitative estimate of drug-likeness (QED) is 0.835. The third-order valence-electron chi connectivity index (χ3n) is 5.24. The van der Waals surface area contributed by atoms with Gasteiger partial charge < -0.3 is 14.9 Å². The van der Waals surface area contributed by atoms with Crippen LogP contribution in [0.25, 0.3) is 0 Å². The van der Waals surface area contributed by atoms with Crippen molar-refractivity contribution in [1.29, 1.82) is 0 Å². The van der Waals surface area contributed by atoms with Crippen molar-refractivity contribution in [3.63, 3.8) is 0 Å². The topological polar surface area (TPSA) is 66.8 Å². The summed E-state index contributed by atoms with van der Waals surface area (Å²) >= 11 is 0. The molecule has 0 aromatic heterocycles. The number of carbonyl (C=O) groups excluding carboxylic acids is 1. The Morgan fingerprint density at radius 2 is 2.13 bits per heavy atom. The Hall–Kier alpha value is -1.83. The van der Waals surface area contributed by atoms with Gasteiger partial charge in [0.1, 0.15) is 24.2 Å². The molecule has 1 aromatic rings. The average Bonchev–Trinajstić information content (AvgIpc) is 2.57. The van der Waals surface area contributed by atoms with Crippen molar-refractivity contribution in [2.24, 2.45) is 17.3 Å². The normalized spacial score (nSPS) is 33.7. The molecule has 2 aliphatic rings. The summed E-state index contributed by atoms with van der Waals surface area (Å²) in [5, 5.41) is 20.2. The maximum absolute atomic E-state index is 11.8. The van der Waals surface area contributed by atoms with Crippen molar-refractivity contribution in [2.75, 3.05) is 6.61 Å². The highest BCUT2D eigenvalue weighted by Gasteiger charge is 2.57. The molecule has 0 unspecified atom stereocenters. The summed E-state index contributed by atoms with van der Waals surface area (Å²) in [4.78, 5) is 11.8. The van der Waals surface area contributed by atoms with Crippen LogP contribution in [-0.2, 0) is 4.79 Å². The summed E-state index contributed by atoms with van der Waals surface area (Å²) in [6.45, 7) is 2.06. The Morgan fingerprint density at radius 3 is 2.83 bits per heavy atom. The molecule has 2 aliphatic carbocycles. The van der Waals surface area contributed by atoms with E-state index in [0.29, 0.717) is 18.6 Å². The highest BCUT2D eigenvalue weighted by Crippen LogP contribution is 2.54. The zero-order valence-corrected chi connectivity index (χ0v) is 13.2. The molecule has 1 aromatic carbocycles. The first-order chi connectivity index (χ1) is 11.0. The van der Waals surface area contributed by atoms with Gasteiger partial charge in [0.15, 0.2) is 0 Å². The van der Waals surface area contributed by atoms with E-state index in [9.17, 15) is 15.0 Å². The lowest BCUT2D eigenvalue weighted by Gasteiger charge is -2.52. The monoisotopic (exact) mass is 314 g/mol. The largest absolute Gasteiger partial charge is 0.490 e. The van der Waals surface area contributed by atoms with Gasteiger partial charge in [0.05, 0.1) is 12.0 Å². The predicted octanol–water partition coefficient (Wildman–Crippen LogP) is 1.80. The first kappa shape index (κ1) is 16.0. The van der Waals surface area contributed by atoms with Crippen LogP contribution in [0.2, 0.25) is 0 Å². The summed E-state index contributed by atoms with van der Waals surface area (Å²) in [6, 6.07) is 9.25. The summed E-state index contributed by atoms with van der Waals surface area (Å²) in [5.41, 5.74) is -0.329. The van der Waals surface area contributed by atoms with E-state index >= 15 is 0 Å². The predicted molar refractivity (Wildman–Crippen MR) is 85.7 cm³/mol. The molecular weight excluding hydrogens is 292 g/mol. The molecule has 5 atom stereocenters. The molecule has 4 nitrogen and oxygen atoms in total. The fourth-order valence-electron chi connectivity index (χ4n) is 3.60. The van der Waals surface area contributed by atoms with Crippen LogP contribution < -0.4 is 4.74 Å². The number of benzene rings is 1. The third-order valence-corrected chi connectivity index (χ3v) is 5.24. The smallest absolute Gasteiger partial charge is 0.148 e. The third kappa shape index (κ3) is 3.12. The molecule has 3 rings (SSSR count). The molecule has 0 amide bonds. The van der Waals surface area contributed by atoms with Gasteiger partial charge in [0.25, 0.3) is 0 Å². The molecule has 0 aliphatic heterocycles. The number of carbonyl (C=O) groups is 1. The average molecular weight is 314 g/mol. The molecule has 0 heterocycles. The Morgan fingerprint density at radius 1 is 1.39 bits per heavy atom. The lowest BCUT2D eigenvalue weighted by Crippen LogP contribution is -2.56. The van der Waals surface area contributed by atoms with E-state index in [1.165, 1.54) is 0 Å². The second kappa shape index (κ2) is 6.35. The fourth-order valence-corrected chi connectivity index (χ4v) is 3.60. The second-order valence-corrected chi connectivity index (χ2v) is 6.71. The van der Waals surface area contributed by atoms with E-state index in [0.717, 1.165) is 6.42 Å². The van der Waals surface area contributed by atoms with Gasteiger partial charge in [0, 0.05) is 11.8 Å². The molecule has 122 valence electrons. The Kier molecular flexibility index (Phi) is 4.43. The van der Waals surface area contributed by atoms with Gasteiger partial charge in [0.2, 0.25) is 0 Å². The molecule has 0 radical (unpaired) electrons. The minimum absolute atomic E-state index is 0.0840. The van der Waals surface area contributed by atoms with Gasteiger partial charge in [-0.1, -0.05) is 37.0 Å². The highest BCUT2D eigenvalue weighted by molar-refractivity contribution is 5.91.